The molecule has 0 fully saturated rings. The summed E-state index contributed by atoms with van der Waals surface area (Å²) in [6, 6.07) is 17.0. The lowest BCUT2D eigenvalue weighted by Crippen LogP contribution is -1.97. The van der Waals surface area contributed by atoms with Crippen LogP contribution in [0.15, 0.2) is 54.6 Å². The molecule has 0 atom stereocenters. The highest BCUT2D eigenvalue weighted by molar-refractivity contribution is 6.29. The van der Waals surface area contributed by atoms with Crippen LogP contribution in [0, 0.1) is 13.8 Å². The van der Waals surface area contributed by atoms with Crippen LogP contribution in [0.4, 0.5) is 0 Å². The van der Waals surface area contributed by atoms with Crippen molar-refractivity contribution in [2.45, 2.75) is 13.8 Å². The third-order valence-corrected chi connectivity index (χ3v) is 3.50. The maximum absolute atomic E-state index is 5.95. The maximum Gasteiger partial charge on any atom is 0.282 e. The van der Waals surface area contributed by atoms with E-state index in [4.69, 9.17) is 21.1 Å². The van der Waals surface area contributed by atoms with Crippen molar-refractivity contribution >= 4 is 11.6 Å². The van der Waals surface area contributed by atoms with Gasteiger partial charge in [0.2, 0.25) is 0 Å². The molecule has 3 aromatic rings. The van der Waals surface area contributed by atoms with Crippen molar-refractivity contribution in [2.24, 2.45) is 0 Å². The molecule has 0 aliphatic rings. The van der Waals surface area contributed by atoms with Crippen LogP contribution in [0.5, 0.6) is 23.1 Å². The second-order valence-electron chi connectivity index (χ2n) is 5.07. The Labute approximate surface area is 139 Å². The molecule has 0 amide bonds. The zero-order valence-electron chi connectivity index (χ0n) is 12.8. The van der Waals surface area contributed by atoms with Gasteiger partial charge in [0, 0.05) is 6.07 Å². The van der Waals surface area contributed by atoms with E-state index in [0.717, 1.165) is 11.1 Å². The van der Waals surface area contributed by atoms with Crippen molar-refractivity contribution in [1.29, 1.82) is 0 Å². The van der Waals surface area contributed by atoms with Gasteiger partial charge in [-0.3, -0.25) is 0 Å². The van der Waals surface area contributed by atoms with Crippen molar-refractivity contribution in [3.63, 3.8) is 0 Å². The highest BCUT2D eigenvalue weighted by atomic mass is 35.5. The first-order valence-corrected chi connectivity index (χ1v) is 7.51. The fraction of sp³-hybridized carbons (Fsp3) is 0.111. The van der Waals surface area contributed by atoms with Gasteiger partial charge >= 0.3 is 0 Å². The van der Waals surface area contributed by atoms with Gasteiger partial charge < -0.3 is 9.47 Å². The molecule has 23 heavy (non-hydrogen) atoms. The van der Waals surface area contributed by atoms with E-state index in [-0.39, 0.29) is 11.0 Å². The first kappa shape index (κ1) is 15.3. The Morgan fingerprint density at radius 3 is 1.91 bits per heavy atom. The Bertz CT molecular complexity index is 837. The van der Waals surface area contributed by atoms with Crippen LogP contribution in [-0.4, -0.2) is 10.2 Å². The van der Waals surface area contributed by atoms with Gasteiger partial charge in [-0.2, -0.15) is 0 Å². The zero-order valence-corrected chi connectivity index (χ0v) is 13.5. The molecule has 1 heterocycles. The molecule has 3 rings (SSSR count). The van der Waals surface area contributed by atoms with Crippen LogP contribution in [0.3, 0.4) is 0 Å². The summed E-state index contributed by atoms with van der Waals surface area (Å²) in [4.78, 5) is 0. The van der Waals surface area contributed by atoms with Crippen molar-refractivity contribution < 1.29 is 9.47 Å². The quantitative estimate of drug-likeness (QED) is 0.650. The molecule has 0 saturated heterocycles. The Morgan fingerprint density at radius 2 is 1.30 bits per heavy atom. The number of hydrogen-bond acceptors (Lipinski definition) is 4. The Kier molecular flexibility index (Phi) is 4.44. The molecular formula is C18H15ClN2O2. The summed E-state index contributed by atoms with van der Waals surface area (Å²) in [5, 5.41) is 8.09. The number of benzene rings is 2. The monoisotopic (exact) mass is 326 g/mol. The van der Waals surface area contributed by atoms with Gasteiger partial charge in [-0.15, -0.1) is 10.2 Å². The number of nitrogens with zero attached hydrogens (tertiary/aromatic N) is 2. The minimum atomic E-state index is 0.241. The predicted octanol–water partition coefficient (Wildman–Crippen LogP) is 5.33. The van der Waals surface area contributed by atoms with E-state index in [0.29, 0.717) is 17.2 Å². The van der Waals surface area contributed by atoms with E-state index in [1.807, 2.05) is 62.4 Å². The molecule has 5 heteroatoms. The van der Waals surface area contributed by atoms with Gasteiger partial charge in [0.15, 0.2) is 10.9 Å². The van der Waals surface area contributed by atoms with Crippen molar-refractivity contribution in [1.82, 2.24) is 10.2 Å². The zero-order chi connectivity index (χ0) is 16.2. The molecule has 0 unspecified atom stereocenters. The number of rotatable bonds is 4. The molecular weight excluding hydrogens is 312 g/mol. The van der Waals surface area contributed by atoms with Crippen LogP contribution < -0.4 is 9.47 Å². The SMILES string of the molecule is Cc1ccccc1Oc1cc(Cl)nnc1Oc1ccccc1C. The summed E-state index contributed by atoms with van der Waals surface area (Å²) in [5.41, 5.74) is 1.99. The normalized spacial score (nSPS) is 10.4. The summed E-state index contributed by atoms with van der Waals surface area (Å²) in [6.45, 7) is 3.92. The van der Waals surface area contributed by atoms with Gasteiger partial charge in [-0.25, -0.2) is 0 Å². The van der Waals surface area contributed by atoms with Crippen molar-refractivity contribution in [2.75, 3.05) is 0 Å². The summed E-state index contributed by atoms with van der Waals surface area (Å²) in [7, 11) is 0. The second-order valence-corrected chi connectivity index (χ2v) is 5.46. The maximum atomic E-state index is 5.95. The van der Waals surface area contributed by atoms with Crippen LogP contribution in [0.25, 0.3) is 0 Å². The molecule has 2 aromatic carbocycles. The minimum Gasteiger partial charge on any atom is -0.451 e. The minimum absolute atomic E-state index is 0.241. The van der Waals surface area contributed by atoms with Crippen LogP contribution in [0.2, 0.25) is 5.15 Å². The number of hydrogen-bond donors (Lipinski definition) is 0. The molecule has 0 saturated carbocycles. The smallest absolute Gasteiger partial charge is 0.282 e. The van der Waals surface area contributed by atoms with Crippen molar-refractivity contribution in [3.8, 4) is 23.1 Å². The average Bonchev–Trinajstić information content (AvgIpc) is 2.54. The van der Waals surface area contributed by atoms with E-state index in [2.05, 4.69) is 10.2 Å². The summed E-state index contributed by atoms with van der Waals surface area (Å²) in [6.07, 6.45) is 0. The van der Waals surface area contributed by atoms with E-state index in [9.17, 15) is 0 Å². The lowest BCUT2D eigenvalue weighted by molar-refractivity contribution is 0.396. The Morgan fingerprint density at radius 1 is 0.739 bits per heavy atom. The van der Waals surface area contributed by atoms with Crippen LogP contribution in [-0.2, 0) is 0 Å². The van der Waals surface area contributed by atoms with Crippen molar-refractivity contribution in [3.05, 3.63) is 70.9 Å². The number of aromatic nitrogens is 2. The lowest BCUT2D eigenvalue weighted by Gasteiger charge is -2.13. The second kappa shape index (κ2) is 6.67. The topological polar surface area (TPSA) is 44.2 Å². The molecule has 0 spiro atoms. The first-order valence-electron chi connectivity index (χ1n) is 7.13. The number of halogens is 1. The summed E-state index contributed by atoms with van der Waals surface area (Å²) >= 11 is 5.95. The fourth-order valence-electron chi connectivity index (χ4n) is 2.05. The number of para-hydroxylation sites is 2. The third-order valence-electron chi connectivity index (χ3n) is 3.31. The molecule has 0 aliphatic carbocycles. The van der Waals surface area contributed by atoms with E-state index >= 15 is 0 Å². The number of ether oxygens (including phenoxy) is 2. The number of aryl methyl sites for hydroxylation is 2. The standard InChI is InChI=1S/C18H15ClN2O2/c1-12-7-3-5-9-14(12)22-16-11-17(19)20-21-18(16)23-15-10-6-4-8-13(15)2/h3-11H,1-2H3. The molecule has 0 bridgehead atoms. The molecule has 4 nitrogen and oxygen atoms in total. The summed E-state index contributed by atoms with van der Waals surface area (Å²) in [5.74, 6) is 2.10. The lowest BCUT2D eigenvalue weighted by atomic mass is 10.2. The predicted molar refractivity (Wildman–Crippen MR) is 89.5 cm³/mol. The van der Waals surface area contributed by atoms with E-state index in [1.54, 1.807) is 6.07 Å². The molecule has 0 radical (unpaired) electrons. The first-order chi connectivity index (χ1) is 11.1. The van der Waals surface area contributed by atoms with Gasteiger partial charge in [0.05, 0.1) is 0 Å². The largest absolute Gasteiger partial charge is 0.451 e. The highest BCUT2D eigenvalue weighted by Crippen LogP contribution is 2.35. The van der Waals surface area contributed by atoms with Crippen LogP contribution in [0.1, 0.15) is 11.1 Å². The molecule has 0 aliphatic heterocycles. The fourth-order valence-corrected chi connectivity index (χ4v) is 2.19. The van der Waals surface area contributed by atoms with E-state index in [1.165, 1.54) is 0 Å². The van der Waals surface area contributed by atoms with Gasteiger partial charge in [0.1, 0.15) is 11.5 Å². The van der Waals surface area contributed by atoms with Crippen LogP contribution >= 0.6 is 11.6 Å². The Hall–Kier alpha value is -2.59. The highest BCUT2D eigenvalue weighted by Gasteiger charge is 2.13. The average molecular weight is 327 g/mol. The Balaban J connectivity index is 1.95. The van der Waals surface area contributed by atoms with Gasteiger partial charge in [-0.05, 0) is 37.1 Å². The summed E-state index contributed by atoms with van der Waals surface area (Å²) < 4.78 is 11.8. The molecule has 1 aromatic heterocycles. The van der Waals surface area contributed by atoms with Gasteiger partial charge in [0.25, 0.3) is 5.88 Å². The van der Waals surface area contributed by atoms with Gasteiger partial charge in [-0.1, -0.05) is 48.0 Å². The third kappa shape index (κ3) is 3.60. The van der Waals surface area contributed by atoms with E-state index < -0.39 is 0 Å². The molecule has 0 N–H and O–H groups in total. The molecule has 116 valence electrons.